The molecule has 1 aliphatic rings. The molecule has 1 saturated heterocycles. The van der Waals surface area contributed by atoms with Gasteiger partial charge in [-0.2, -0.15) is 0 Å². The zero-order valence-corrected chi connectivity index (χ0v) is 9.19. The molecule has 1 aliphatic heterocycles. The van der Waals surface area contributed by atoms with E-state index in [1.54, 1.807) is 12.5 Å². The normalized spacial score (nSPS) is 24.0. The van der Waals surface area contributed by atoms with Crippen LogP contribution in [0.25, 0.3) is 0 Å². The van der Waals surface area contributed by atoms with Crippen LogP contribution < -0.4 is 5.32 Å². The topological polar surface area (TPSA) is 50.1 Å². The zero-order chi connectivity index (χ0) is 10.7. The summed E-state index contributed by atoms with van der Waals surface area (Å²) < 4.78 is 2.00. The molecule has 1 aromatic rings. The van der Waals surface area contributed by atoms with Gasteiger partial charge in [0.2, 0.25) is 0 Å². The number of hydrogen-bond donors (Lipinski definition) is 2. The highest BCUT2D eigenvalue weighted by Gasteiger charge is 2.24. The van der Waals surface area contributed by atoms with E-state index in [-0.39, 0.29) is 6.04 Å². The predicted molar refractivity (Wildman–Crippen MR) is 58.5 cm³/mol. The fourth-order valence-electron chi connectivity index (χ4n) is 2.20. The zero-order valence-electron chi connectivity index (χ0n) is 9.19. The Morgan fingerprint density at radius 3 is 3.20 bits per heavy atom. The first-order chi connectivity index (χ1) is 7.33. The Kier molecular flexibility index (Phi) is 3.38. The Balaban J connectivity index is 2.08. The lowest BCUT2D eigenvalue weighted by atomic mass is 9.98. The van der Waals surface area contributed by atoms with Crippen molar-refractivity contribution in [2.24, 2.45) is 0 Å². The third-order valence-electron chi connectivity index (χ3n) is 3.12. The minimum absolute atomic E-state index is 0.195. The molecule has 0 aliphatic carbocycles. The second-order valence-electron chi connectivity index (χ2n) is 4.11. The number of imidazole rings is 1. The molecule has 1 aromatic heterocycles. The molecule has 1 fully saturated rings. The SMILES string of the molecule is CCn1cncc1C(O)C1CCCCN1. The lowest BCUT2D eigenvalue weighted by Crippen LogP contribution is -2.39. The van der Waals surface area contributed by atoms with Gasteiger partial charge in [0.25, 0.3) is 0 Å². The Hall–Kier alpha value is -0.870. The van der Waals surface area contributed by atoms with Gasteiger partial charge in [0.05, 0.1) is 18.2 Å². The number of nitrogens with one attached hydrogen (secondary N) is 1. The summed E-state index contributed by atoms with van der Waals surface area (Å²) in [5.41, 5.74) is 0.928. The molecule has 0 amide bonds. The van der Waals surface area contributed by atoms with Crippen LogP contribution in [-0.2, 0) is 6.54 Å². The van der Waals surface area contributed by atoms with Crippen molar-refractivity contribution in [3.8, 4) is 0 Å². The molecule has 0 saturated carbocycles. The molecule has 2 N–H and O–H groups in total. The summed E-state index contributed by atoms with van der Waals surface area (Å²) in [6.45, 7) is 3.94. The second kappa shape index (κ2) is 4.77. The number of aliphatic hydroxyl groups excluding tert-OH is 1. The second-order valence-corrected chi connectivity index (χ2v) is 4.11. The molecule has 0 spiro atoms. The van der Waals surface area contributed by atoms with Crippen molar-refractivity contribution < 1.29 is 5.11 Å². The van der Waals surface area contributed by atoms with Gasteiger partial charge < -0.3 is 15.0 Å². The first kappa shape index (κ1) is 10.6. The molecule has 2 atom stereocenters. The molecule has 0 aromatic carbocycles. The summed E-state index contributed by atoms with van der Waals surface area (Å²) in [7, 11) is 0. The highest BCUT2D eigenvalue weighted by Crippen LogP contribution is 2.22. The molecule has 0 radical (unpaired) electrons. The van der Waals surface area contributed by atoms with Crippen LogP contribution in [0, 0.1) is 0 Å². The van der Waals surface area contributed by atoms with E-state index in [4.69, 9.17) is 0 Å². The number of aryl methyl sites for hydroxylation is 1. The first-order valence-corrected chi connectivity index (χ1v) is 5.74. The first-order valence-electron chi connectivity index (χ1n) is 5.74. The maximum atomic E-state index is 10.2. The van der Waals surface area contributed by atoms with Crippen molar-refractivity contribution in [1.29, 1.82) is 0 Å². The monoisotopic (exact) mass is 209 g/mol. The summed E-state index contributed by atoms with van der Waals surface area (Å²) in [4.78, 5) is 4.08. The maximum Gasteiger partial charge on any atom is 0.111 e. The highest BCUT2D eigenvalue weighted by molar-refractivity contribution is 5.06. The molecule has 84 valence electrons. The fraction of sp³-hybridized carbons (Fsp3) is 0.727. The van der Waals surface area contributed by atoms with E-state index in [0.717, 1.165) is 25.2 Å². The number of aliphatic hydroxyl groups is 1. The summed E-state index contributed by atoms with van der Waals surface area (Å²) >= 11 is 0. The van der Waals surface area contributed by atoms with Crippen LogP contribution in [0.1, 0.15) is 38.0 Å². The Labute approximate surface area is 90.3 Å². The molecule has 0 bridgehead atoms. The summed E-state index contributed by atoms with van der Waals surface area (Å²) in [5, 5.41) is 13.6. The quantitative estimate of drug-likeness (QED) is 0.783. The number of aromatic nitrogens is 2. The van der Waals surface area contributed by atoms with Crippen molar-refractivity contribution in [2.75, 3.05) is 6.54 Å². The van der Waals surface area contributed by atoms with Gasteiger partial charge in [0.15, 0.2) is 0 Å². The fourth-order valence-corrected chi connectivity index (χ4v) is 2.20. The molecule has 2 rings (SSSR count). The number of rotatable bonds is 3. The van der Waals surface area contributed by atoms with Gasteiger partial charge in [-0.15, -0.1) is 0 Å². The molecule has 15 heavy (non-hydrogen) atoms. The van der Waals surface area contributed by atoms with E-state index in [1.165, 1.54) is 12.8 Å². The van der Waals surface area contributed by atoms with Gasteiger partial charge in [-0.05, 0) is 26.3 Å². The van der Waals surface area contributed by atoms with E-state index in [9.17, 15) is 5.11 Å². The minimum atomic E-state index is -0.423. The lowest BCUT2D eigenvalue weighted by Gasteiger charge is -2.28. The van der Waals surface area contributed by atoms with Gasteiger partial charge in [-0.3, -0.25) is 0 Å². The van der Waals surface area contributed by atoms with Crippen LogP contribution in [0.15, 0.2) is 12.5 Å². The number of nitrogens with zero attached hydrogens (tertiary/aromatic N) is 2. The van der Waals surface area contributed by atoms with E-state index < -0.39 is 6.10 Å². The highest BCUT2D eigenvalue weighted by atomic mass is 16.3. The van der Waals surface area contributed by atoms with E-state index in [0.29, 0.717) is 0 Å². The van der Waals surface area contributed by atoms with E-state index >= 15 is 0 Å². The van der Waals surface area contributed by atoms with Crippen molar-refractivity contribution >= 4 is 0 Å². The van der Waals surface area contributed by atoms with Gasteiger partial charge in [0.1, 0.15) is 6.10 Å². The Morgan fingerprint density at radius 1 is 1.67 bits per heavy atom. The summed E-state index contributed by atoms with van der Waals surface area (Å²) in [6.07, 6.45) is 6.60. The smallest absolute Gasteiger partial charge is 0.111 e. The minimum Gasteiger partial charge on any atom is -0.385 e. The number of hydrogen-bond acceptors (Lipinski definition) is 3. The van der Waals surface area contributed by atoms with E-state index in [1.807, 2.05) is 4.57 Å². The lowest BCUT2D eigenvalue weighted by molar-refractivity contribution is 0.106. The molecule has 4 heteroatoms. The Bertz CT molecular complexity index is 305. The third kappa shape index (κ3) is 2.21. The average Bonchev–Trinajstić information content (AvgIpc) is 2.77. The predicted octanol–water partition coefficient (Wildman–Crippen LogP) is 1.08. The molecule has 4 nitrogen and oxygen atoms in total. The van der Waals surface area contributed by atoms with Gasteiger partial charge in [-0.1, -0.05) is 6.42 Å². The van der Waals surface area contributed by atoms with Crippen LogP contribution in [0.4, 0.5) is 0 Å². The molecular weight excluding hydrogens is 190 g/mol. The van der Waals surface area contributed by atoms with Gasteiger partial charge >= 0.3 is 0 Å². The van der Waals surface area contributed by atoms with Crippen molar-refractivity contribution in [1.82, 2.24) is 14.9 Å². The van der Waals surface area contributed by atoms with Crippen molar-refractivity contribution in [3.63, 3.8) is 0 Å². The van der Waals surface area contributed by atoms with Crippen molar-refractivity contribution in [3.05, 3.63) is 18.2 Å². The van der Waals surface area contributed by atoms with Crippen molar-refractivity contribution in [2.45, 2.75) is 44.9 Å². The summed E-state index contributed by atoms with van der Waals surface area (Å²) in [5.74, 6) is 0. The van der Waals surface area contributed by atoms with Crippen LogP contribution in [-0.4, -0.2) is 27.2 Å². The maximum absolute atomic E-state index is 10.2. The van der Waals surface area contributed by atoms with Crippen LogP contribution in [0.2, 0.25) is 0 Å². The summed E-state index contributed by atoms with van der Waals surface area (Å²) in [6, 6.07) is 0.195. The van der Waals surface area contributed by atoms with Gasteiger partial charge in [-0.25, -0.2) is 4.98 Å². The average molecular weight is 209 g/mol. The van der Waals surface area contributed by atoms with Crippen LogP contribution in [0.5, 0.6) is 0 Å². The number of piperidine rings is 1. The standard InChI is InChI=1S/C11H19N3O/c1-2-14-8-12-7-10(14)11(15)9-5-3-4-6-13-9/h7-9,11,13,15H,2-6H2,1H3. The van der Waals surface area contributed by atoms with Gasteiger partial charge in [0, 0.05) is 12.6 Å². The Morgan fingerprint density at radius 2 is 2.53 bits per heavy atom. The van der Waals surface area contributed by atoms with E-state index in [2.05, 4.69) is 17.2 Å². The molecule has 2 heterocycles. The van der Waals surface area contributed by atoms with Crippen LogP contribution in [0.3, 0.4) is 0 Å². The molecular formula is C11H19N3O. The van der Waals surface area contributed by atoms with Crippen LogP contribution >= 0.6 is 0 Å². The molecule has 2 unspecified atom stereocenters. The third-order valence-corrected chi connectivity index (χ3v) is 3.12. The largest absolute Gasteiger partial charge is 0.385 e.